The number of halogens is 1. The van der Waals surface area contributed by atoms with Crippen LogP contribution in [0.2, 0.25) is 0 Å². The molecule has 1 fully saturated rings. The van der Waals surface area contributed by atoms with Gasteiger partial charge in [0.25, 0.3) is 0 Å². The van der Waals surface area contributed by atoms with Crippen molar-refractivity contribution in [1.29, 1.82) is 0 Å². The number of amides is 1. The van der Waals surface area contributed by atoms with E-state index in [-0.39, 0.29) is 29.8 Å². The molecule has 0 saturated carbocycles. The summed E-state index contributed by atoms with van der Waals surface area (Å²) in [5, 5.41) is 3.44. The predicted molar refractivity (Wildman–Crippen MR) is 82.1 cm³/mol. The molecular formula is C17H25FN2O. The average Bonchev–Trinajstić information content (AvgIpc) is 2.76. The minimum Gasteiger partial charge on any atom is -0.321 e. The molecule has 1 aromatic rings. The lowest BCUT2D eigenvalue weighted by Crippen LogP contribution is -2.36. The highest BCUT2D eigenvalue weighted by Crippen LogP contribution is 2.29. The largest absolute Gasteiger partial charge is 0.321 e. The molecule has 1 N–H and O–H groups in total. The van der Waals surface area contributed by atoms with Gasteiger partial charge in [0.2, 0.25) is 5.91 Å². The van der Waals surface area contributed by atoms with E-state index in [9.17, 15) is 9.18 Å². The van der Waals surface area contributed by atoms with Gasteiger partial charge in [0.15, 0.2) is 0 Å². The van der Waals surface area contributed by atoms with Gasteiger partial charge in [-0.05, 0) is 29.5 Å². The Bertz CT molecular complexity index is 486. The van der Waals surface area contributed by atoms with Crippen LogP contribution in [0.25, 0.3) is 0 Å². The van der Waals surface area contributed by atoms with Crippen molar-refractivity contribution in [3.05, 3.63) is 35.6 Å². The van der Waals surface area contributed by atoms with Crippen molar-refractivity contribution in [1.82, 2.24) is 10.2 Å². The van der Waals surface area contributed by atoms with Gasteiger partial charge in [-0.3, -0.25) is 10.1 Å². The lowest BCUT2D eigenvalue weighted by atomic mass is 9.99. The van der Waals surface area contributed by atoms with E-state index in [2.05, 4.69) is 33.0 Å². The Morgan fingerprint density at radius 1 is 1.24 bits per heavy atom. The smallest absolute Gasteiger partial charge is 0.241 e. The van der Waals surface area contributed by atoms with Gasteiger partial charge in [-0.1, -0.05) is 46.2 Å². The quantitative estimate of drug-likeness (QED) is 0.903. The number of hydrogen-bond donors (Lipinski definition) is 1. The minimum absolute atomic E-state index is 0.149. The summed E-state index contributed by atoms with van der Waals surface area (Å²) in [5.74, 6) is 0.594. The normalized spacial score (nSPS) is 23.9. The second-order valence-corrected chi connectivity index (χ2v) is 6.37. The fraction of sp³-hybridized carbons (Fsp3) is 0.588. The summed E-state index contributed by atoms with van der Waals surface area (Å²) in [5.41, 5.74) is 0.941. The molecule has 0 aliphatic carbocycles. The van der Waals surface area contributed by atoms with E-state index < -0.39 is 0 Å². The highest BCUT2D eigenvalue weighted by molar-refractivity contribution is 5.85. The average molecular weight is 292 g/mol. The van der Waals surface area contributed by atoms with Gasteiger partial charge < -0.3 is 4.90 Å². The third kappa shape index (κ3) is 3.43. The van der Waals surface area contributed by atoms with Crippen LogP contribution in [0.3, 0.4) is 0 Å². The standard InChI is InChI=1S/C17H25FN2O/c1-5-12(4)15-17(21)20(10-11(2)3)16(19-15)13-6-8-14(18)9-7-13/h6-9,11-12,15-16,19H,5,10H2,1-4H3. The van der Waals surface area contributed by atoms with Crippen LogP contribution in [0.1, 0.15) is 45.8 Å². The molecule has 1 heterocycles. The number of nitrogens with zero attached hydrogens (tertiary/aromatic N) is 1. The van der Waals surface area contributed by atoms with E-state index in [1.807, 2.05) is 4.90 Å². The first kappa shape index (κ1) is 16.0. The monoisotopic (exact) mass is 292 g/mol. The van der Waals surface area contributed by atoms with Crippen molar-refractivity contribution in [2.45, 2.75) is 46.3 Å². The summed E-state index contributed by atoms with van der Waals surface area (Å²) in [4.78, 5) is 14.6. The molecule has 0 aromatic heterocycles. The van der Waals surface area contributed by atoms with Gasteiger partial charge in [0.1, 0.15) is 12.0 Å². The summed E-state index contributed by atoms with van der Waals surface area (Å²) >= 11 is 0. The van der Waals surface area contributed by atoms with Gasteiger partial charge in [-0.25, -0.2) is 4.39 Å². The van der Waals surface area contributed by atoms with Gasteiger partial charge in [-0.2, -0.15) is 0 Å². The number of benzene rings is 1. The Morgan fingerprint density at radius 3 is 2.38 bits per heavy atom. The van der Waals surface area contributed by atoms with Crippen LogP contribution >= 0.6 is 0 Å². The van der Waals surface area contributed by atoms with Gasteiger partial charge in [-0.15, -0.1) is 0 Å². The van der Waals surface area contributed by atoms with Crippen molar-refractivity contribution in [2.75, 3.05) is 6.54 Å². The molecule has 0 bridgehead atoms. The Hall–Kier alpha value is -1.42. The molecule has 1 amide bonds. The third-order valence-electron chi connectivity index (χ3n) is 4.16. The number of hydrogen-bond acceptors (Lipinski definition) is 2. The van der Waals surface area contributed by atoms with E-state index in [1.165, 1.54) is 12.1 Å². The topological polar surface area (TPSA) is 32.3 Å². The molecule has 1 aliphatic rings. The van der Waals surface area contributed by atoms with Crippen molar-refractivity contribution >= 4 is 5.91 Å². The van der Waals surface area contributed by atoms with Crippen LogP contribution in [0.15, 0.2) is 24.3 Å². The van der Waals surface area contributed by atoms with E-state index >= 15 is 0 Å². The van der Waals surface area contributed by atoms with Crippen LogP contribution in [-0.2, 0) is 4.79 Å². The third-order valence-corrected chi connectivity index (χ3v) is 4.16. The molecule has 21 heavy (non-hydrogen) atoms. The molecule has 1 saturated heterocycles. The molecule has 3 unspecified atom stereocenters. The molecule has 3 nitrogen and oxygen atoms in total. The predicted octanol–water partition coefficient (Wildman–Crippen LogP) is 3.33. The highest BCUT2D eigenvalue weighted by atomic mass is 19.1. The molecule has 1 aliphatic heterocycles. The first-order valence-corrected chi connectivity index (χ1v) is 7.76. The van der Waals surface area contributed by atoms with Crippen LogP contribution in [0.4, 0.5) is 4.39 Å². The van der Waals surface area contributed by atoms with Crippen molar-refractivity contribution < 1.29 is 9.18 Å². The lowest BCUT2D eigenvalue weighted by Gasteiger charge is -2.26. The van der Waals surface area contributed by atoms with Gasteiger partial charge in [0, 0.05) is 6.54 Å². The van der Waals surface area contributed by atoms with Crippen LogP contribution in [-0.4, -0.2) is 23.4 Å². The minimum atomic E-state index is -0.253. The molecule has 0 radical (unpaired) electrons. The first-order chi connectivity index (χ1) is 9.93. The Kier molecular flexibility index (Phi) is 4.99. The molecule has 4 heteroatoms. The number of rotatable bonds is 5. The summed E-state index contributed by atoms with van der Waals surface area (Å²) in [6, 6.07) is 6.26. The summed E-state index contributed by atoms with van der Waals surface area (Å²) in [6.07, 6.45) is 0.800. The molecule has 1 aromatic carbocycles. The Morgan fingerprint density at radius 2 is 1.86 bits per heavy atom. The molecule has 116 valence electrons. The fourth-order valence-corrected chi connectivity index (χ4v) is 2.79. The summed E-state index contributed by atoms with van der Waals surface area (Å²) in [7, 11) is 0. The zero-order valence-corrected chi connectivity index (χ0v) is 13.3. The van der Waals surface area contributed by atoms with E-state index in [4.69, 9.17) is 0 Å². The van der Waals surface area contributed by atoms with Crippen molar-refractivity contribution in [2.24, 2.45) is 11.8 Å². The zero-order valence-electron chi connectivity index (χ0n) is 13.3. The van der Waals surface area contributed by atoms with E-state index in [0.29, 0.717) is 12.5 Å². The van der Waals surface area contributed by atoms with Gasteiger partial charge in [0.05, 0.1) is 6.04 Å². The maximum Gasteiger partial charge on any atom is 0.241 e. The molecule has 0 spiro atoms. The molecule has 3 atom stereocenters. The number of nitrogens with one attached hydrogen (secondary N) is 1. The molecular weight excluding hydrogens is 267 g/mol. The SMILES string of the molecule is CCC(C)C1NC(c2ccc(F)cc2)N(CC(C)C)C1=O. The first-order valence-electron chi connectivity index (χ1n) is 7.76. The van der Waals surface area contributed by atoms with Crippen molar-refractivity contribution in [3.8, 4) is 0 Å². The Balaban J connectivity index is 2.28. The zero-order chi connectivity index (χ0) is 15.6. The van der Waals surface area contributed by atoms with E-state index in [0.717, 1.165) is 12.0 Å². The van der Waals surface area contributed by atoms with E-state index in [1.54, 1.807) is 12.1 Å². The summed E-state index contributed by atoms with van der Waals surface area (Å²) < 4.78 is 13.1. The van der Waals surface area contributed by atoms with Crippen LogP contribution in [0, 0.1) is 17.7 Å². The number of carbonyl (C=O) groups excluding carboxylic acids is 1. The van der Waals surface area contributed by atoms with Crippen LogP contribution < -0.4 is 5.32 Å². The second-order valence-electron chi connectivity index (χ2n) is 6.37. The second kappa shape index (κ2) is 6.56. The highest BCUT2D eigenvalue weighted by Gasteiger charge is 2.41. The molecule has 2 rings (SSSR count). The van der Waals surface area contributed by atoms with Crippen LogP contribution in [0.5, 0.6) is 0 Å². The summed E-state index contributed by atoms with van der Waals surface area (Å²) in [6.45, 7) is 9.10. The van der Waals surface area contributed by atoms with Gasteiger partial charge >= 0.3 is 0 Å². The number of carbonyl (C=O) groups is 1. The van der Waals surface area contributed by atoms with Crippen molar-refractivity contribution in [3.63, 3.8) is 0 Å². The Labute approximate surface area is 126 Å². The lowest BCUT2D eigenvalue weighted by molar-refractivity contribution is -0.131. The maximum absolute atomic E-state index is 13.1. The maximum atomic E-state index is 13.1. The fourth-order valence-electron chi connectivity index (χ4n) is 2.79.